The Labute approximate surface area is 221 Å². The van der Waals surface area contributed by atoms with Crippen molar-refractivity contribution in [1.82, 2.24) is 29.6 Å². The first kappa shape index (κ1) is 25.6. The Morgan fingerprint density at radius 2 is 1.95 bits per heavy atom. The number of pyridine rings is 1. The van der Waals surface area contributed by atoms with Crippen LogP contribution in [0.5, 0.6) is 0 Å². The zero-order chi connectivity index (χ0) is 27.2. The summed E-state index contributed by atoms with van der Waals surface area (Å²) in [6, 6.07) is 9.37. The molecule has 0 fully saturated rings. The standard InChI is InChI=1S/C28H32FN7O2/c1-16(2)25-19-13-17(7-9-22(19)34-35(25)6)24-20(29)14-30-26(33-24)32-23-10-8-18-15-36(12-11-21(18)31-23)27(37)38-28(3,4)5/h7-10,13-14,16H,11-12,15H2,1-6H3,(H,30,31,32,33). The summed E-state index contributed by atoms with van der Waals surface area (Å²) in [4.78, 5) is 27.4. The molecule has 0 saturated heterocycles. The third-order valence-electron chi connectivity index (χ3n) is 6.38. The van der Waals surface area contributed by atoms with Gasteiger partial charge in [-0.3, -0.25) is 4.68 Å². The number of benzene rings is 1. The van der Waals surface area contributed by atoms with Crippen LogP contribution in [0.25, 0.3) is 22.2 Å². The number of carbonyl (C=O) groups is 1. The molecule has 3 aromatic heterocycles. The molecule has 1 aromatic carbocycles. The third-order valence-corrected chi connectivity index (χ3v) is 6.38. The number of aryl methyl sites for hydroxylation is 1. The molecule has 38 heavy (non-hydrogen) atoms. The largest absolute Gasteiger partial charge is 0.444 e. The van der Waals surface area contributed by atoms with Gasteiger partial charge in [-0.15, -0.1) is 0 Å². The molecule has 1 aliphatic heterocycles. The van der Waals surface area contributed by atoms with Crippen LogP contribution < -0.4 is 5.32 Å². The summed E-state index contributed by atoms with van der Waals surface area (Å²) in [6.45, 7) is 10.7. The average molecular weight is 518 g/mol. The lowest BCUT2D eigenvalue weighted by molar-refractivity contribution is 0.0223. The summed E-state index contributed by atoms with van der Waals surface area (Å²) in [6.07, 6.45) is 1.43. The van der Waals surface area contributed by atoms with Gasteiger partial charge in [0.2, 0.25) is 5.95 Å². The van der Waals surface area contributed by atoms with Crippen molar-refractivity contribution in [2.24, 2.45) is 7.05 Å². The van der Waals surface area contributed by atoms with Gasteiger partial charge >= 0.3 is 6.09 Å². The second-order valence-electron chi connectivity index (χ2n) is 10.9. The minimum absolute atomic E-state index is 0.203. The molecule has 0 bridgehead atoms. The van der Waals surface area contributed by atoms with Crippen LogP contribution in [0.3, 0.4) is 0 Å². The van der Waals surface area contributed by atoms with E-state index in [9.17, 15) is 9.18 Å². The summed E-state index contributed by atoms with van der Waals surface area (Å²) in [5.41, 5.74) is 4.09. The number of halogens is 1. The average Bonchev–Trinajstić information content (AvgIpc) is 3.19. The van der Waals surface area contributed by atoms with E-state index in [4.69, 9.17) is 9.72 Å². The lowest BCUT2D eigenvalue weighted by Gasteiger charge is -2.30. The van der Waals surface area contributed by atoms with Gasteiger partial charge in [0.25, 0.3) is 0 Å². The second kappa shape index (κ2) is 9.66. The first-order valence-corrected chi connectivity index (χ1v) is 12.7. The molecule has 1 amide bonds. The van der Waals surface area contributed by atoms with Gasteiger partial charge in [-0.05, 0) is 50.5 Å². The molecular weight excluding hydrogens is 485 g/mol. The third kappa shape index (κ3) is 5.16. The molecule has 0 unspecified atom stereocenters. The molecular formula is C28H32FN7O2. The maximum atomic E-state index is 14.9. The molecule has 5 rings (SSSR count). The molecule has 198 valence electrons. The lowest BCUT2D eigenvalue weighted by Crippen LogP contribution is -2.40. The maximum absolute atomic E-state index is 14.9. The predicted molar refractivity (Wildman–Crippen MR) is 144 cm³/mol. The van der Waals surface area contributed by atoms with E-state index in [2.05, 4.69) is 34.2 Å². The van der Waals surface area contributed by atoms with Gasteiger partial charge in [0, 0.05) is 42.4 Å². The first-order valence-electron chi connectivity index (χ1n) is 12.7. The van der Waals surface area contributed by atoms with Crippen molar-refractivity contribution >= 4 is 28.8 Å². The van der Waals surface area contributed by atoms with Crippen molar-refractivity contribution in [3.05, 3.63) is 59.3 Å². The van der Waals surface area contributed by atoms with Crippen LogP contribution in [0.4, 0.5) is 21.0 Å². The van der Waals surface area contributed by atoms with Crippen LogP contribution in [-0.4, -0.2) is 47.9 Å². The number of aromatic nitrogens is 5. The van der Waals surface area contributed by atoms with Gasteiger partial charge in [-0.25, -0.2) is 24.1 Å². The fourth-order valence-electron chi connectivity index (χ4n) is 4.76. The number of carbonyl (C=O) groups excluding carboxylic acids is 1. The van der Waals surface area contributed by atoms with Crippen LogP contribution in [0.1, 0.15) is 57.5 Å². The van der Waals surface area contributed by atoms with E-state index in [1.807, 2.05) is 56.8 Å². The van der Waals surface area contributed by atoms with E-state index in [-0.39, 0.29) is 23.7 Å². The van der Waals surface area contributed by atoms with Gasteiger partial charge in [0.15, 0.2) is 5.82 Å². The Bertz CT molecular complexity index is 1520. The van der Waals surface area contributed by atoms with E-state index in [1.54, 1.807) is 11.0 Å². The molecule has 0 radical (unpaired) electrons. The molecule has 0 atom stereocenters. The Balaban J connectivity index is 1.37. The molecule has 9 nitrogen and oxygen atoms in total. The highest BCUT2D eigenvalue weighted by Crippen LogP contribution is 2.31. The van der Waals surface area contributed by atoms with Crippen LogP contribution in [0.15, 0.2) is 36.5 Å². The molecule has 0 aliphatic carbocycles. The zero-order valence-corrected chi connectivity index (χ0v) is 22.5. The monoisotopic (exact) mass is 517 g/mol. The number of anilines is 2. The molecule has 0 saturated carbocycles. The van der Waals surface area contributed by atoms with Gasteiger partial charge < -0.3 is 15.0 Å². The predicted octanol–water partition coefficient (Wildman–Crippen LogP) is 5.72. The number of ether oxygens (including phenoxy) is 1. The van der Waals surface area contributed by atoms with Crippen LogP contribution >= 0.6 is 0 Å². The Kier molecular flexibility index (Phi) is 6.50. The minimum atomic E-state index is -0.544. The highest BCUT2D eigenvalue weighted by atomic mass is 19.1. The van der Waals surface area contributed by atoms with E-state index < -0.39 is 11.4 Å². The van der Waals surface area contributed by atoms with Crippen molar-refractivity contribution < 1.29 is 13.9 Å². The molecule has 1 aliphatic rings. The van der Waals surface area contributed by atoms with Crippen molar-refractivity contribution in [2.45, 2.75) is 59.1 Å². The van der Waals surface area contributed by atoms with Crippen LogP contribution in [-0.2, 0) is 24.8 Å². The Hall–Kier alpha value is -4.08. The van der Waals surface area contributed by atoms with E-state index in [0.717, 1.165) is 27.9 Å². The SMILES string of the molecule is CC(C)c1c2cc(-c3nc(Nc4ccc5c(n4)CCN(C(=O)OC(C)(C)C)C5)ncc3F)ccc2nn1C. The zero-order valence-electron chi connectivity index (χ0n) is 22.5. The fourth-order valence-corrected chi connectivity index (χ4v) is 4.76. The number of nitrogens with one attached hydrogen (secondary N) is 1. The van der Waals surface area contributed by atoms with Gasteiger partial charge in [0.05, 0.1) is 18.3 Å². The quantitative estimate of drug-likeness (QED) is 0.369. The summed E-state index contributed by atoms with van der Waals surface area (Å²) >= 11 is 0. The molecule has 10 heteroatoms. The van der Waals surface area contributed by atoms with E-state index >= 15 is 0 Å². The number of nitrogens with zero attached hydrogens (tertiary/aromatic N) is 6. The van der Waals surface area contributed by atoms with Crippen molar-refractivity contribution in [3.63, 3.8) is 0 Å². The highest BCUT2D eigenvalue weighted by Gasteiger charge is 2.26. The second-order valence-corrected chi connectivity index (χ2v) is 10.9. The summed E-state index contributed by atoms with van der Waals surface area (Å²) in [5.74, 6) is 0.553. The maximum Gasteiger partial charge on any atom is 0.410 e. The lowest BCUT2D eigenvalue weighted by atomic mass is 10.0. The normalized spacial score (nSPS) is 13.6. The van der Waals surface area contributed by atoms with Gasteiger partial charge in [-0.1, -0.05) is 26.0 Å². The van der Waals surface area contributed by atoms with Crippen LogP contribution in [0, 0.1) is 5.82 Å². The Morgan fingerprint density at radius 1 is 1.16 bits per heavy atom. The summed E-state index contributed by atoms with van der Waals surface area (Å²) in [7, 11) is 1.92. The van der Waals surface area contributed by atoms with E-state index in [1.165, 1.54) is 6.20 Å². The topological polar surface area (TPSA) is 98.1 Å². The molecule has 1 N–H and O–H groups in total. The number of rotatable bonds is 4. The van der Waals surface area contributed by atoms with E-state index in [0.29, 0.717) is 30.9 Å². The number of amides is 1. The van der Waals surface area contributed by atoms with Crippen LogP contribution in [0.2, 0.25) is 0 Å². The van der Waals surface area contributed by atoms with Gasteiger partial charge in [0.1, 0.15) is 17.1 Å². The van der Waals surface area contributed by atoms with Crippen molar-refractivity contribution in [1.29, 1.82) is 0 Å². The minimum Gasteiger partial charge on any atom is -0.444 e. The smallest absolute Gasteiger partial charge is 0.410 e. The summed E-state index contributed by atoms with van der Waals surface area (Å²) in [5, 5.41) is 8.65. The molecule has 4 aromatic rings. The van der Waals surface area contributed by atoms with Crippen molar-refractivity contribution in [3.8, 4) is 11.3 Å². The number of hydrogen-bond donors (Lipinski definition) is 1. The van der Waals surface area contributed by atoms with Crippen molar-refractivity contribution in [2.75, 3.05) is 11.9 Å². The number of hydrogen-bond acceptors (Lipinski definition) is 7. The number of fused-ring (bicyclic) bond motifs is 2. The Morgan fingerprint density at radius 3 is 2.68 bits per heavy atom. The first-order chi connectivity index (χ1) is 18.0. The fraction of sp³-hybridized carbons (Fsp3) is 0.393. The highest BCUT2D eigenvalue weighted by molar-refractivity contribution is 5.87. The van der Waals surface area contributed by atoms with Gasteiger partial charge in [-0.2, -0.15) is 5.10 Å². The molecule has 0 spiro atoms. The molecule has 4 heterocycles. The summed E-state index contributed by atoms with van der Waals surface area (Å²) < 4.78 is 22.2.